The molecule has 7 rings (SSSR count). The Balaban J connectivity index is 1.26. The molecule has 516 valence electrons. The number of fused-ring (bicyclic) bond motifs is 3. The molecule has 7 aliphatic heterocycles. The van der Waals surface area contributed by atoms with Gasteiger partial charge in [0.15, 0.2) is 29.8 Å². The number of carbonyl (C=O) groups is 8. The van der Waals surface area contributed by atoms with Gasteiger partial charge in [0.2, 0.25) is 12.1 Å². The van der Waals surface area contributed by atoms with Crippen LogP contribution < -0.4 is 16.2 Å². The quantitative estimate of drug-likeness (QED) is 0.0565. The first kappa shape index (κ1) is 73.3. The third kappa shape index (κ3) is 15.0. The monoisotopic (exact) mass is 1300 g/mol. The van der Waals surface area contributed by atoms with Gasteiger partial charge in [0.1, 0.15) is 53.8 Å². The van der Waals surface area contributed by atoms with Crippen molar-refractivity contribution in [1.82, 2.24) is 41.2 Å². The van der Waals surface area contributed by atoms with Gasteiger partial charge in [-0.1, -0.05) is 34.6 Å². The molecule has 0 bridgehead atoms. The summed E-state index contributed by atoms with van der Waals surface area (Å²) in [5, 5.41) is 85.8. The van der Waals surface area contributed by atoms with Crippen LogP contribution in [0.25, 0.3) is 0 Å². The number of carbonyl (C=O) groups excluding carboxylic acids is 8. The van der Waals surface area contributed by atoms with E-state index in [4.69, 9.17) is 42.6 Å². The molecule has 32 heteroatoms. The average Bonchev–Trinajstić information content (AvgIpc) is 1.69. The lowest BCUT2D eigenvalue weighted by atomic mass is 9.76. The highest BCUT2D eigenvalue weighted by molar-refractivity contribution is 5.99. The van der Waals surface area contributed by atoms with Crippen LogP contribution in [0.3, 0.4) is 0 Å². The highest BCUT2D eigenvalue weighted by Crippen LogP contribution is 2.42. The molecule has 7 heterocycles. The lowest BCUT2D eigenvalue weighted by Crippen LogP contribution is -2.71. The van der Waals surface area contributed by atoms with E-state index in [1.165, 1.54) is 54.9 Å². The van der Waals surface area contributed by atoms with Crippen molar-refractivity contribution >= 4 is 47.2 Å². The second-order valence-electron chi connectivity index (χ2n) is 25.6. The van der Waals surface area contributed by atoms with Gasteiger partial charge < -0.3 is 78.4 Å². The van der Waals surface area contributed by atoms with Crippen LogP contribution in [0.4, 0.5) is 0 Å². The normalized spacial score (nSPS) is 38.3. The molecule has 7 aliphatic rings. The van der Waals surface area contributed by atoms with E-state index >= 15 is 14.4 Å². The van der Waals surface area contributed by atoms with Crippen molar-refractivity contribution in [2.75, 3.05) is 47.6 Å². The van der Waals surface area contributed by atoms with Crippen molar-refractivity contribution in [1.29, 1.82) is 0 Å². The van der Waals surface area contributed by atoms with Crippen LogP contribution in [0.15, 0.2) is 11.8 Å². The van der Waals surface area contributed by atoms with Crippen molar-refractivity contribution in [2.24, 2.45) is 11.8 Å². The number of hydroxylamine groups is 4. The fourth-order valence-electron chi connectivity index (χ4n) is 13.0. The van der Waals surface area contributed by atoms with Gasteiger partial charge >= 0.3 is 5.97 Å². The van der Waals surface area contributed by atoms with Gasteiger partial charge in [0.25, 0.3) is 35.4 Å². The first-order chi connectivity index (χ1) is 42.7. The molecule has 21 atom stereocenters. The molecule has 6 amide bonds. The summed E-state index contributed by atoms with van der Waals surface area (Å²) in [6, 6.07) is -11.7. The van der Waals surface area contributed by atoms with Gasteiger partial charge in [-0.05, 0) is 91.6 Å². The predicted octanol–water partition coefficient (Wildman–Crippen LogP) is -1.83. The van der Waals surface area contributed by atoms with Gasteiger partial charge in [-0.15, -0.1) is 0 Å². The number of methoxy groups -OCH3 is 3. The molecular weight excluding hydrogens is 1200 g/mol. The standard InChI is InChI=1S/C59H96N8O24/c1-14-34-54(75)90-45(29(4)5)43(62-55(76)58(10,79)59(80)20-19-33(38(15-2)91-59)48(69)56(8,77)16-3)52(73)64-35(18-17-22-60-64)51(72)67(82)37(28-83-11)50(71)65-36(49(70)63-23-21-57(9,78)47(63)53(74)66(34)81)24-32(27-61-65)88-41-26-40(85-13)46(31(7)87-41)89-42-25-39(84-12)44(68)30(6)86-42/h24,29-31,33-47,60-61,68,77-82H,14-23,25-28H2,1-13H3,(H,62,76)/t30-,31-,33?,34-,35+,36?,37-,38?,39-,40-,41-,42-,43-,44+,45-,46+,47+,56?,57+,58?,59?/m0/s1. The molecule has 0 aromatic heterocycles. The largest absolute Gasteiger partial charge is 0.468 e. The number of hydrogen-bond donors (Lipinski definition) is 10. The van der Waals surface area contributed by atoms with Crippen molar-refractivity contribution in [3.8, 4) is 0 Å². The maximum absolute atomic E-state index is 15.5. The Bertz CT molecular complexity index is 2670. The minimum atomic E-state index is -3.00. The Morgan fingerprint density at radius 2 is 1.47 bits per heavy atom. The van der Waals surface area contributed by atoms with E-state index in [0.29, 0.717) is 0 Å². The van der Waals surface area contributed by atoms with Crippen molar-refractivity contribution in [2.45, 2.75) is 254 Å². The average molecular weight is 1300 g/mol. The topological polar surface area (TPSA) is 414 Å². The van der Waals surface area contributed by atoms with E-state index < -0.39 is 199 Å². The number of rotatable bonds is 17. The summed E-state index contributed by atoms with van der Waals surface area (Å²) in [4.78, 5) is 120. The second-order valence-corrected chi connectivity index (χ2v) is 25.6. The molecule has 0 aliphatic carbocycles. The predicted molar refractivity (Wildman–Crippen MR) is 310 cm³/mol. The Morgan fingerprint density at radius 3 is 2.09 bits per heavy atom. The SMILES string of the molecule is CCC1OC(O)(C(C)(O)C(=O)N[C@@H]2C(=O)N3NCCC[C@@H]3C(=O)N(O)[C@@H](COC)C(=O)N3NCC(O[C@H]4C[C@H](OC)[C@H](O[C@H]5C[C@H](OC)[C@H](O)[C@H](C)O5)[C@H](C)O4)=CC3C(=O)N3CC[C@@](C)(O)[C@H]3C(=O)N(O)[C@@H](CC)C(=O)O[C@H]2C(C)C)CCC1C(=O)C(C)(O)CC. The summed E-state index contributed by atoms with van der Waals surface area (Å²) in [5.41, 5.74) is -1.27. The molecule has 0 spiro atoms. The van der Waals surface area contributed by atoms with Gasteiger partial charge in [-0.25, -0.2) is 25.8 Å². The van der Waals surface area contributed by atoms with E-state index in [9.17, 15) is 59.9 Å². The lowest BCUT2D eigenvalue weighted by molar-refractivity contribution is -0.326. The summed E-state index contributed by atoms with van der Waals surface area (Å²) in [6.07, 6.45) is -9.00. The third-order valence-corrected chi connectivity index (χ3v) is 18.9. The maximum atomic E-state index is 15.5. The zero-order valence-corrected chi connectivity index (χ0v) is 54.2. The number of ketones is 1. The molecule has 0 aromatic carbocycles. The van der Waals surface area contributed by atoms with E-state index in [1.54, 1.807) is 27.7 Å². The van der Waals surface area contributed by atoms with Crippen molar-refractivity contribution in [3.63, 3.8) is 0 Å². The number of cyclic esters (lactones) is 1. The van der Waals surface area contributed by atoms with E-state index in [0.717, 1.165) is 29.0 Å². The van der Waals surface area contributed by atoms with Gasteiger partial charge in [-0.3, -0.25) is 54.0 Å². The van der Waals surface area contributed by atoms with Crippen LogP contribution in [-0.2, 0) is 81.0 Å². The van der Waals surface area contributed by atoms with Crippen LogP contribution in [0, 0.1) is 11.8 Å². The molecule has 0 aromatic rings. The molecule has 10 N–H and O–H groups in total. The highest BCUT2D eigenvalue weighted by Gasteiger charge is 2.60. The number of amides is 6. The summed E-state index contributed by atoms with van der Waals surface area (Å²) in [7, 11) is 4.08. The van der Waals surface area contributed by atoms with Crippen LogP contribution >= 0.6 is 0 Å². The minimum Gasteiger partial charge on any atom is -0.468 e. The Labute approximate surface area is 528 Å². The number of esters is 1. The van der Waals surface area contributed by atoms with Gasteiger partial charge in [-0.2, -0.15) is 0 Å². The molecule has 91 heavy (non-hydrogen) atoms. The van der Waals surface area contributed by atoms with Crippen LogP contribution in [0.2, 0.25) is 0 Å². The number of nitrogens with zero attached hydrogens (tertiary/aromatic N) is 5. The molecule has 0 saturated carbocycles. The number of ether oxygens (including phenoxy) is 9. The zero-order chi connectivity index (χ0) is 67.6. The van der Waals surface area contributed by atoms with Crippen molar-refractivity contribution in [3.05, 3.63) is 11.8 Å². The molecule has 6 unspecified atom stereocenters. The maximum Gasteiger partial charge on any atom is 0.331 e. The summed E-state index contributed by atoms with van der Waals surface area (Å²) in [6.45, 7) is 12.9. The van der Waals surface area contributed by atoms with E-state index in [1.807, 2.05) is 0 Å². The van der Waals surface area contributed by atoms with E-state index in [-0.39, 0.29) is 86.9 Å². The molecule has 6 saturated heterocycles. The van der Waals surface area contributed by atoms with E-state index in [2.05, 4.69) is 16.2 Å². The zero-order valence-electron chi connectivity index (χ0n) is 54.2. The molecule has 0 radical (unpaired) electrons. The highest BCUT2D eigenvalue weighted by atomic mass is 16.7. The van der Waals surface area contributed by atoms with Crippen LogP contribution in [-0.4, -0.2) is 276 Å². The minimum absolute atomic E-state index is 0.00109. The summed E-state index contributed by atoms with van der Waals surface area (Å²) < 4.78 is 53.7. The van der Waals surface area contributed by atoms with Crippen LogP contribution in [0.1, 0.15) is 133 Å². The van der Waals surface area contributed by atoms with Crippen molar-refractivity contribution < 1.29 is 117 Å². The number of nitrogens with one attached hydrogen (secondary N) is 3. The summed E-state index contributed by atoms with van der Waals surface area (Å²) in [5.74, 6) is -14.4. The smallest absolute Gasteiger partial charge is 0.331 e. The Morgan fingerprint density at radius 1 is 0.824 bits per heavy atom. The number of Topliss-reactive ketones (excluding diaryl/α,β-unsaturated/α-hetero) is 1. The number of aliphatic hydroxyl groups excluding tert-OH is 1. The number of hydrogen-bond acceptors (Lipinski definition) is 26. The van der Waals surface area contributed by atoms with Crippen LogP contribution in [0.5, 0.6) is 0 Å². The number of aliphatic hydroxyl groups is 5. The molecule has 32 nitrogen and oxygen atoms in total. The first-order valence-electron chi connectivity index (χ1n) is 31.4. The molecule has 6 fully saturated rings. The summed E-state index contributed by atoms with van der Waals surface area (Å²) >= 11 is 0. The fourth-order valence-corrected chi connectivity index (χ4v) is 13.0. The second kappa shape index (κ2) is 29.7. The number of hydrazine groups is 2. The fraction of sp³-hybridized carbons (Fsp3) is 0.831. The Kier molecular flexibility index (Phi) is 23.9. The Hall–Kier alpha value is -5.14. The van der Waals surface area contributed by atoms with Gasteiger partial charge in [0.05, 0.1) is 49.3 Å². The lowest BCUT2D eigenvalue weighted by Gasteiger charge is -2.48. The first-order valence-corrected chi connectivity index (χ1v) is 31.4. The third-order valence-electron chi connectivity index (χ3n) is 18.9. The molecular formula is C59H96N8O24. The van der Waals surface area contributed by atoms with Gasteiger partial charge in [0, 0.05) is 59.6 Å².